The van der Waals surface area contributed by atoms with Crippen LogP contribution in [-0.4, -0.2) is 51.3 Å². The van der Waals surface area contributed by atoms with Crippen molar-refractivity contribution in [3.05, 3.63) is 30.4 Å². The zero-order chi connectivity index (χ0) is 20.6. The standard InChI is InChI=1S/C21H28N6O2/c1-5-22-14(3)27-10-6-15(7-11-27)25-19(28)16-13(2)29-20-17(16)18(23-12-24-20)26-21(4)8-9-21/h5,12,15H,1,6-11H2,2-4H3,(H,25,28)(H,23,24,26)/b22-14+. The summed E-state index contributed by atoms with van der Waals surface area (Å²) in [5.74, 6) is 2.06. The number of furan rings is 1. The number of carbonyl (C=O) groups excluding carboxylic acids is 1. The van der Waals surface area contributed by atoms with Crippen LogP contribution in [0.1, 0.15) is 55.6 Å². The van der Waals surface area contributed by atoms with Crippen LogP contribution in [0.15, 0.2) is 28.5 Å². The van der Waals surface area contributed by atoms with E-state index in [1.54, 1.807) is 13.1 Å². The number of rotatable bonds is 5. The number of nitrogens with one attached hydrogen (secondary N) is 2. The minimum atomic E-state index is -0.130. The normalized spacial score (nSPS) is 19.3. The molecule has 2 aliphatic rings. The van der Waals surface area contributed by atoms with E-state index >= 15 is 0 Å². The summed E-state index contributed by atoms with van der Waals surface area (Å²) in [4.78, 5) is 28.2. The van der Waals surface area contributed by atoms with Crippen LogP contribution in [0, 0.1) is 6.92 Å². The Bertz CT molecular complexity index is 967. The van der Waals surface area contributed by atoms with Crippen molar-refractivity contribution in [2.45, 2.75) is 58.0 Å². The minimum absolute atomic E-state index is 0.0396. The first-order valence-electron chi connectivity index (χ1n) is 10.1. The highest BCUT2D eigenvalue weighted by Crippen LogP contribution is 2.40. The van der Waals surface area contributed by atoms with Gasteiger partial charge in [0.1, 0.15) is 23.7 Å². The number of aryl methyl sites for hydroxylation is 1. The van der Waals surface area contributed by atoms with Crippen LogP contribution >= 0.6 is 0 Å². The van der Waals surface area contributed by atoms with E-state index in [0.717, 1.165) is 44.6 Å². The van der Waals surface area contributed by atoms with Crippen LogP contribution in [0.3, 0.4) is 0 Å². The van der Waals surface area contributed by atoms with Gasteiger partial charge in [0.2, 0.25) is 5.71 Å². The molecule has 8 heteroatoms. The number of amidine groups is 1. The Balaban J connectivity index is 1.51. The topological polar surface area (TPSA) is 95.7 Å². The van der Waals surface area contributed by atoms with Crippen LogP contribution in [0.2, 0.25) is 0 Å². The predicted octanol–water partition coefficient (Wildman–Crippen LogP) is 3.25. The van der Waals surface area contributed by atoms with Crippen molar-refractivity contribution in [1.29, 1.82) is 0 Å². The van der Waals surface area contributed by atoms with E-state index in [1.165, 1.54) is 6.33 Å². The van der Waals surface area contributed by atoms with E-state index in [2.05, 4.69) is 44.0 Å². The summed E-state index contributed by atoms with van der Waals surface area (Å²) in [6, 6.07) is 0.113. The molecule has 1 amide bonds. The predicted molar refractivity (Wildman–Crippen MR) is 113 cm³/mol. The number of aliphatic imine (C=N–C) groups is 1. The highest BCUT2D eigenvalue weighted by atomic mass is 16.3. The fourth-order valence-electron chi connectivity index (χ4n) is 3.83. The van der Waals surface area contributed by atoms with Crippen LogP contribution in [0.5, 0.6) is 0 Å². The smallest absolute Gasteiger partial charge is 0.255 e. The van der Waals surface area contributed by atoms with Crippen LogP contribution < -0.4 is 10.6 Å². The molecule has 2 aromatic rings. The molecule has 3 heterocycles. The molecule has 0 radical (unpaired) electrons. The molecule has 1 saturated heterocycles. The Labute approximate surface area is 170 Å². The second-order valence-corrected chi connectivity index (χ2v) is 8.22. The largest absolute Gasteiger partial charge is 0.442 e. The molecule has 0 spiro atoms. The summed E-state index contributed by atoms with van der Waals surface area (Å²) in [7, 11) is 0. The second-order valence-electron chi connectivity index (χ2n) is 8.22. The van der Waals surface area contributed by atoms with E-state index in [1.807, 2.05) is 6.92 Å². The van der Waals surface area contributed by atoms with Gasteiger partial charge < -0.3 is 20.0 Å². The zero-order valence-corrected chi connectivity index (χ0v) is 17.3. The van der Waals surface area contributed by atoms with E-state index in [4.69, 9.17) is 4.42 Å². The molecule has 1 aliphatic carbocycles. The summed E-state index contributed by atoms with van der Waals surface area (Å²) < 4.78 is 5.78. The molecule has 154 valence electrons. The summed E-state index contributed by atoms with van der Waals surface area (Å²) in [5.41, 5.74) is 1.01. The van der Waals surface area contributed by atoms with Gasteiger partial charge in [0, 0.05) is 30.9 Å². The van der Waals surface area contributed by atoms with E-state index in [-0.39, 0.29) is 17.5 Å². The SMILES string of the molecule is C=C/N=C(\C)N1CCC(NC(=O)c2c(C)oc3ncnc(NC4(C)CC4)c23)CC1. The highest BCUT2D eigenvalue weighted by Gasteiger charge is 2.38. The van der Waals surface area contributed by atoms with Crippen molar-refractivity contribution in [1.82, 2.24) is 20.2 Å². The lowest BCUT2D eigenvalue weighted by atomic mass is 10.0. The number of fused-ring (bicyclic) bond motifs is 1. The fourth-order valence-corrected chi connectivity index (χ4v) is 3.83. The summed E-state index contributed by atoms with van der Waals surface area (Å²) >= 11 is 0. The number of hydrogen-bond donors (Lipinski definition) is 2. The van der Waals surface area contributed by atoms with Crippen molar-refractivity contribution >= 4 is 28.7 Å². The number of carbonyl (C=O) groups is 1. The number of likely N-dealkylation sites (tertiary alicyclic amines) is 1. The molecular formula is C21H28N6O2. The number of piperidine rings is 1. The van der Waals surface area contributed by atoms with Crippen molar-refractivity contribution in [2.75, 3.05) is 18.4 Å². The molecule has 0 aromatic carbocycles. The second kappa shape index (κ2) is 7.50. The lowest BCUT2D eigenvalue weighted by molar-refractivity contribution is 0.0922. The molecule has 1 aliphatic heterocycles. The Morgan fingerprint density at radius 1 is 1.38 bits per heavy atom. The molecule has 0 unspecified atom stereocenters. The zero-order valence-electron chi connectivity index (χ0n) is 17.3. The lowest BCUT2D eigenvalue weighted by Crippen LogP contribution is -2.46. The third-order valence-corrected chi connectivity index (χ3v) is 5.88. The number of anilines is 1. The first kappa shape index (κ1) is 19.4. The number of amides is 1. The van der Waals surface area contributed by atoms with Crippen molar-refractivity contribution < 1.29 is 9.21 Å². The van der Waals surface area contributed by atoms with Gasteiger partial charge in [0.15, 0.2) is 0 Å². The summed E-state index contributed by atoms with van der Waals surface area (Å²) in [5, 5.41) is 7.31. The Hall–Kier alpha value is -2.90. The molecule has 2 fully saturated rings. The minimum Gasteiger partial charge on any atom is -0.442 e. The van der Waals surface area contributed by atoms with Gasteiger partial charge in [-0.25, -0.2) is 15.0 Å². The molecule has 0 bridgehead atoms. The number of nitrogens with zero attached hydrogens (tertiary/aromatic N) is 4. The van der Waals surface area contributed by atoms with Gasteiger partial charge in [0.25, 0.3) is 5.91 Å². The summed E-state index contributed by atoms with van der Waals surface area (Å²) in [6.07, 6.45) is 6.94. The average Bonchev–Trinajstić information content (AvgIpc) is 3.30. The van der Waals surface area contributed by atoms with E-state index < -0.39 is 0 Å². The Morgan fingerprint density at radius 2 is 2.10 bits per heavy atom. The van der Waals surface area contributed by atoms with Gasteiger partial charge in [-0.05, 0) is 46.5 Å². The first-order valence-corrected chi connectivity index (χ1v) is 10.1. The highest BCUT2D eigenvalue weighted by molar-refractivity contribution is 6.10. The maximum atomic E-state index is 13.2. The molecule has 4 rings (SSSR count). The van der Waals surface area contributed by atoms with Gasteiger partial charge in [-0.15, -0.1) is 0 Å². The fraction of sp³-hybridized carbons (Fsp3) is 0.524. The average molecular weight is 396 g/mol. The van der Waals surface area contributed by atoms with E-state index in [0.29, 0.717) is 28.2 Å². The molecule has 2 N–H and O–H groups in total. The maximum Gasteiger partial charge on any atom is 0.255 e. The van der Waals surface area contributed by atoms with Crippen LogP contribution in [-0.2, 0) is 0 Å². The third kappa shape index (κ3) is 3.97. The van der Waals surface area contributed by atoms with Crippen molar-refractivity contribution in [2.24, 2.45) is 4.99 Å². The van der Waals surface area contributed by atoms with Gasteiger partial charge in [0.05, 0.1) is 10.9 Å². The van der Waals surface area contributed by atoms with Crippen LogP contribution in [0.25, 0.3) is 11.1 Å². The monoisotopic (exact) mass is 396 g/mol. The molecule has 8 nitrogen and oxygen atoms in total. The molecule has 1 saturated carbocycles. The lowest BCUT2D eigenvalue weighted by Gasteiger charge is -2.33. The molecular weight excluding hydrogens is 368 g/mol. The number of aromatic nitrogens is 2. The first-order chi connectivity index (χ1) is 13.9. The summed E-state index contributed by atoms with van der Waals surface area (Å²) in [6.45, 7) is 11.3. The number of hydrogen-bond acceptors (Lipinski definition) is 6. The molecule has 29 heavy (non-hydrogen) atoms. The van der Waals surface area contributed by atoms with Crippen molar-refractivity contribution in [3.63, 3.8) is 0 Å². The molecule has 0 atom stereocenters. The van der Waals surface area contributed by atoms with Crippen LogP contribution in [0.4, 0.5) is 5.82 Å². The van der Waals surface area contributed by atoms with Gasteiger partial charge in [-0.3, -0.25) is 4.79 Å². The van der Waals surface area contributed by atoms with E-state index in [9.17, 15) is 4.79 Å². The van der Waals surface area contributed by atoms with Gasteiger partial charge >= 0.3 is 0 Å². The Morgan fingerprint density at radius 3 is 2.76 bits per heavy atom. The van der Waals surface area contributed by atoms with Gasteiger partial charge in [-0.1, -0.05) is 6.58 Å². The van der Waals surface area contributed by atoms with Crippen molar-refractivity contribution in [3.8, 4) is 0 Å². The van der Waals surface area contributed by atoms with Gasteiger partial charge in [-0.2, -0.15) is 0 Å². The Kier molecular flexibility index (Phi) is 5.02. The third-order valence-electron chi connectivity index (χ3n) is 5.88. The quantitative estimate of drug-likeness (QED) is 0.595. The maximum absolute atomic E-state index is 13.2. The molecule has 2 aromatic heterocycles.